The number of aromatic nitrogens is 1. The molecule has 0 spiro atoms. The summed E-state index contributed by atoms with van der Waals surface area (Å²) in [5.74, 6) is -2.25. The first-order valence-corrected chi connectivity index (χ1v) is 9.77. The Hall–Kier alpha value is -3.40. The molecule has 1 nitrogen and oxygen atoms in total. The van der Waals surface area contributed by atoms with Crippen molar-refractivity contribution in [3.8, 4) is 11.3 Å². The minimum Gasteiger partial charge on any atom is -0.256 e. The molecule has 0 N–H and O–H groups in total. The Labute approximate surface area is 182 Å². The molecule has 31 heavy (non-hydrogen) atoms. The highest BCUT2D eigenvalue weighted by atomic mass is 19.2. The molecule has 0 aliphatic carbocycles. The Bertz CT molecular complexity index is 1090. The number of hydrogen-bond acceptors (Lipinski definition) is 1. The van der Waals surface area contributed by atoms with Crippen LogP contribution in [0, 0.1) is 18.6 Å². The largest absolute Gasteiger partial charge is 0.256 e. The standard InChI is InChI=1S/C27H26F3N/c1-17(2)24(28)15-21(6)20(5)10-7-18(3)8-11-22-12-13-23(27(30)26(22)29)25-14-9-19(4)16-31-25/h7,9-10,12-16H,1,3,5-6,8,11H2,2,4H3/b10-7-,24-15+. The number of halogens is 3. The van der Waals surface area contributed by atoms with E-state index >= 15 is 0 Å². The van der Waals surface area contributed by atoms with Crippen LogP contribution in [0.3, 0.4) is 0 Å². The molecule has 1 aromatic heterocycles. The van der Waals surface area contributed by atoms with Crippen LogP contribution in [0.15, 0.2) is 103 Å². The van der Waals surface area contributed by atoms with Gasteiger partial charge in [0.2, 0.25) is 0 Å². The number of rotatable bonds is 9. The van der Waals surface area contributed by atoms with E-state index in [1.165, 1.54) is 6.08 Å². The summed E-state index contributed by atoms with van der Waals surface area (Å²) in [7, 11) is 0. The summed E-state index contributed by atoms with van der Waals surface area (Å²) in [5.41, 5.74) is 3.65. The lowest BCUT2D eigenvalue weighted by atomic mass is 10.00. The van der Waals surface area contributed by atoms with Crippen molar-refractivity contribution in [2.45, 2.75) is 26.7 Å². The molecule has 0 saturated carbocycles. The Balaban J connectivity index is 2.03. The van der Waals surface area contributed by atoms with Crippen molar-refractivity contribution < 1.29 is 13.2 Å². The molecule has 0 aliphatic rings. The van der Waals surface area contributed by atoms with Gasteiger partial charge < -0.3 is 0 Å². The van der Waals surface area contributed by atoms with E-state index in [1.807, 2.05) is 6.92 Å². The van der Waals surface area contributed by atoms with E-state index < -0.39 is 17.5 Å². The molecule has 0 atom stereocenters. The summed E-state index contributed by atoms with van der Waals surface area (Å²) in [4.78, 5) is 4.16. The molecule has 4 heteroatoms. The summed E-state index contributed by atoms with van der Waals surface area (Å²) in [6.45, 7) is 18.5. The van der Waals surface area contributed by atoms with E-state index in [-0.39, 0.29) is 17.5 Å². The second-order valence-corrected chi connectivity index (χ2v) is 7.44. The van der Waals surface area contributed by atoms with Gasteiger partial charge in [0.15, 0.2) is 11.6 Å². The minimum atomic E-state index is -0.911. The first kappa shape index (κ1) is 23.9. The lowest BCUT2D eigenvalue weighted by Gasteiger charge is -2.09. The van der Waals surface area contributed by atoms with Crippen LogP contribution in [0.4, 0.5) is 13.2 Å². The second kappa shape index (κ2) is 10.6. The lowest BCUT2D eigenvalue weighted by Crippen LogP contribution is -1.99. The smallest absolute Gasteiger partial charge is 0.168 e. The predicted molar refractivity (Wildman–Crippen MR) is 123 cm³/mol. The molecular weight excluding hydrogens is 395 g/mol. The number of pyridine rings is 1. The van der Waals surface area contributed by atoms with E-state index in [1.54, 1.807) is 49.5 Å². The van der Waals surface area contributed by atoms with E-state index in [4.69, 9.17) is 0 Å². The van der Waals surface area contributed by atoms with Gasteiger partial charge in [-0.25, -0.2) is 13.2 Å². The second-order valence-electron chi connectivity index (χ2n) is 7.44. The molecule has 0 bridgehead atoms. The number of nitrogens with zero attached hydrogens (tertiary/aromatic N) is 1. The van der Waals surface area contributed by atoms with Crippen molar-refractivity contribution in [1.82, 2.24) is 4.98 Å². The van der Waals surface area contributed by atoms with Crippen LogP contribution >= 0.6 is 0 Å². The molecule has 0 amide bonds. The Morgan fingerprint density at radius 2 is 1.68 bits per heavy atom. The van der Waals surface area contributed by atoms with Crippen LogP contribution in [0.1, 0.15) is 24.5 Å². The zero-order chi connectivity index (χ0) is 23.1. The molecule has 0 radical (unpaired) electrons. The average Bonchev–Trinajstić information content (AvgIpc) is 2.73. The molecule has 0 aliphatic heterocycles. The highest BCUT2D eigenvalue weighted by molar-refractivity contribution is 5.60. The highest BCUT2D eigenvalue weighted by Gasteiger charge is 2.15. The normalized spacial score (nSPS) is 11.6. The monoisotopic (exact) mass is 421 g/mol. The Morgan fingerprint density at radius 1 is 0.968 bits per heavy atom. The van der Waals surface area contributed by atoms with Crippen LogP contribution < -0.4 is 0 Å². The maximum absolute atomic E-state index is 14.6. The fraction of sp³-hybridized carbons (Fsp3) is 0.148. The van der Waals surface area contributed by atoms with Gasteiger partial charge in [0, 0.05) is 11.8 Å². The van der Waals surface area contributed by atoms with Gasteiger partial charge in [-0.2, -0.15) is 0 Å². The van der Waals surface area contributed by atoms with Gasteiger partial charge in [0.25, 0.3) is 0 Å². The van der Waals surface area contributed by atoms with Gasteiger partial charge >= 0.3 is 0 Å². The predicted octanol–water partition coefficient (Wildman–Crippen LogP) is 7.92. The number of aryl methyl sites for hydroxylation is 2. The summed E-state index contributed by atoms with van der Waals surface area (Å²) < 4.78 is 42.7. The quantitative estimate of drug-likeness (QED) is 0.375. The Morgan fingerprint density at radius 3 is 2.29 bits per heavy atom. The van der Waals surface area contributed by atoms with Crippen LogP contribution in [-0.4, -0.2) is 4.98 Å². The lowest BCUT2D eigenvalue weighted by molar-refractivity contribution is 0.501. The molecule has 1 aromatic carbocycles. The fourth-order valence-electron chi connectivity index (χ4n) is 2.68. The highest BCUT2D eigenvalue weighted by Crippen LogP contribution is 2.26. The molecule has 0 unspecified atom stereocenters. The first-order chi connectivity index (χ1) is 14.6. The number of hydrogen-bond donors (Lipinski definition) is 0. The molecule has 160 valence electrons. The van der Waals surface area contributed by atoms with Gasteiger partial charge in [0.1, 0.15) is 5.83 Å². The molecule has 2 aromatic rings. The van der Waals surface area contributed by atoms with Crippen LogP contribution in [-0.2, 0) is 6.42 Å². The summed E-state index contributed by atoms with van der Waals surface area (Å²) in [5, 5.41) is 0. The minimum absolute atomic E-state index is 0.129. The van der Waals surface area contributed by atoms with Gasteiger partial charge in [0.05, 0.1) is 5.69 Å². The third-order valence-corrected chi connectivity index (χ3v) is 4.71. The van der Waals surface area contributed by atoms with E-state index in [0.717, 1.165) is 5.56 Å². The van der Waals surface area contributed by atoms with Crippen molar-refractivity contribution in [3.05, 3.63) is 126 Å². The number of benzene rings is 1. The molecule has 0 saturated heterocycles. The van der Waals surface area contributed by atoms with Crippen molar-refractivity contribution in [2.75, 3.05) is 0 Å². The zero-order valence-corrected chi connectivity index (χ0v) is 17.9. The third-order valence-electron chi connectivity index (χ3n) is 4.71. The average molecular weight is 422 g/mol. The topological polar surface area (TPSA) is 12.9 Å². The zero-order valence-electron chi connectivity index (χ0n) is 17.9. The van der Waals surface area contributed by atoms with Crippen LogP contribution in [0.2, 0.25) is 0 Å². The Kier molecular flexibility index (Phi) is 8.14. The van der Waals surface area contributed by atoms with Gasteiger partial charge in [-0.05, 0) is 72.7 Å². The third kappa shape index (κ3) is 6.54. The fourth-order valence-corrected chi connectivity index (χ4v) is 2.68. The van der Waals surface area contributed by atoms with Gasteiger partial charge in [-0.1, -0.05) is 56.2 Å². The van der Waals surface area contributed by atoms with Crippen LogP contribution in [0.5, 0.6) is 0 Å². The maximum Gasteiger partial charge on any atom is 0.168 e. The summed E-state index contributed by atoms with van der Waals surface area (Å²) >= 11 is 0. The first-order valence-electron chi connectivity index (χ1n) is 9.77. The molecule has 2 rings (SSSR count). The molecule has 1 heterocycles. The summed E-state index contributed by atoms with van der Waals surface area (Å²) in [6.07, 6.45) is 6.95. The van der Waals surface area contributed by atoms with Gasteiger partial charge in [-0.3, -0.25) is 4.98 Å². The maximum atomic E-state index is 14.6. The van der Waals surface area contributed by atoms with Crippen molar-refractivity contribution in [3.63, 3.8) is 0 Å². The van der Waals surface area contributed by atoms with E-state index in [9.17, 15) is 13.2 Å². The molecular formula is C27H26F3N. The van der Waals surface area contributed by atoms with E-state index in [0.29, 0.717) is 34.4 Å². The van der Waals surface area contributed by atoms with E-state index in [2.05, 4.69) is 31.3 Å². The van der Waals surface area contributed by atoms with Gasteiger partial charge in [-0.15, -0.1) is 0 Å². The SMILES string of the molecule is C=C(/C=C\C(=C)C(=C)/C=C(/F)C(=C)C)CCc1ccc(-c2ccc(C)cn2)c(F)c1F. The summed E-state index contributed by atoms with van der Waals surface area (Å²) in [6, 6.07) is 6.57. The molecule has 0 fully saturated rings. The number of allylic oxidation sites excluding steroid dienone is 8. The van der Waals surface area contributed by atoms with Crippen molar-refractivity contribution in [2.24, 2.45) is 0 Å². The van der Waals surface area contributed by atoms with Crippen LogP contribution in [0.25, 0.3) is 11.3 Å². The van der Waals surface area contributed by atoms with Crippen molar-refractivity contribution >= 4 is 0 Å². The van der Waals surface area contributed by atoms with Crippen molar-refractivity contribution in [1.29, 1.82) is 0 Å².